The van der Waals surface area contributed by atoms with Crippen LogP contribution in [0.5, 0.6) is 0 Å². The molecule has 1 radical (unpaired) electrons. The molecule has 0 aliphatic heterocycles. The van der Waals surface area contributed by atoms with E-state index in [1.54, 1.807) is 0 Å². The third kappa shape index (κ3) is 37.7. The molecule has 0 heterocycles. The summed E-state index contributed by atoms with van der Waals surface area (Å²) in [7, 11) is 0. The van der Waals surface area contributed by atoms with Gasteiger partial charge in [0.05, 0.1) is 0 Å². The summed E-state index contributed by atoms with van der Waals surface area (Å²) in [4.78, 5) is 0. The predicted molar refractivity (Wildman–Crippen MR) is 112 cm³/mol. The van der Waals surface area contributed by atoms with E-state index in [1.165, 1.54) is 0 Å². The Hall–Kier alpha value is 1.58. The van der Waals surface area contributed by atoms with E-state index in [1.807, 2.05) is 0 Å². The van der Waals surface area contributed by atoms with E-state index in [0.29, 0.717) is 43.5 Å². The monoisotopic (exact) mass is 547 g/mol. The molecule has 0 aromatic heterocycles. The summed E-state index contributed by atoms with van der Waals surface area (Å²) >= 11 is 36.7. The van der Waals surface area contributed by atoms with Crippen LogP contribution in [0.25, 0.3) is 0 Å². The van der Waals surface area contributed by atoms with Crippen LogP contribution >= 0.6 is 48.9 Å². The molecule has 0 unspecified atom stereocenters. The number of hydrogen-bond acceptors (Lipinski definition) is 8. The van der Waals surface area contributed by atoms with Gasteiger partial charge in [0, 0.05) is 26.2 Å². The van der Waals surface area contributed by atoms with Crippen molar-refractivity contribution in [2.24, 2.45) is 0 Å². The SMILES string of the molecule is S=C([S-])NCCNC(=S)[S-].S=C([S-])NCCNC(=S)[S-].[Cu+2].[Zn+2]. The number of thiocarbonyl (C=S) groups is 4. The smallest absolute Gasteiger partial charge is 0.412 e. The van der Waals surface area contributed by atoms with Gasteiger partial charge in [-0.1, -0.05) is 17.3 Å². The average Bonchev–Trinajstić information content (AvgIpc) is 2.30. The third-order valence-corrected chi connectivity index (χ3v) is 2.48. The van der Waals surface area contributed by atoms with E-state index >= 15 is 0 Å². The van der Waals surface area contributed by atoms with Crippen molar-refractivity contribution in [2.45, 2.75) is 0 Å². The zero-order valence-corrected chi connectivity index (χ0v) is 21.5. The first kappa shape index (κ1) is 31.4. The molecule has 14 heteroatoms. The van der Waals surface area contributed by atoms with E-state index in [9.17, 15) is 0 Å². The van der Waals surface area contributed by atoms with Crippen LogP contribution in [0.3, 0.4) is 0 Å². The summed E-state index contributed by atoms with van der Waals surface area (Å²) < 4.78 is 1.49. The van der Waals surface area contributed by atoms with E-state index < -0.39 is 0 Å². The van der Waals surface area contributed by atoms with Crippen LogP contribution < -0.4 is 21.3 Å². The van der Waals surface area contributed by atoms with Gasteiger partial charge >= 0.3 is 36.5 Å². The maximum atomic E-state index is 4.59. The number of hydrogen-bond donors (Lipinski definition) is 4. The summed E-state index contributed by atoms with van der Waals surface area (Å²) in [6, 6.07) is 0. The van der Waals surface area contributed by atoms with Crippen molar-refractivity contribution >= 4 is 117 Å². The van der Waals surface area contributed by atoms with Crippen LogP contribution in [-0.2, 0) is 87.1 Å². The molecule has 0 saturated heterocycles. The van der Waals surface area contributed by atoms with E-state index in [4.69, 9.17) is 0 Å². The minimum atomic E-state index is 0. The molecule has 0 bridgehead atoms. The van der Waals surface area contributed by atoms with Gasteiger partial charge in [-0.25, -0.2) is 0 Å². The first-order valence-electron chi connectivity index (χ1n) is 5.05. The average molecular weight is 550 g/mol. The van der Waals surface area contributed by atoms with Crippen molar-refractivity contribution in [1.82, 2.24) is 21.3 Å². The zero-order valence-electron chi connectivity index (χ0n) is 11.1. The van der Waals surface area contributed by atoms with Crippen molar-refractivity contribution in [2.75, 3.05) is 26.2 Å². The number of rotatable bonds is 6. The minimum absolute atomic E-state index is 0. The molecular formula is C8H12CuN4S8Zn. The Kier molecular flexibility index (Phi) is 32.2. The summed E-state index contributed by atoms with van der Waals surface area (Å²) in [5.41, 5.74) is 0. The first-order valence-corrected chi connectivity index (χ1v) is 8.31. The fourth-order valence-corrected chi connectivity index (χ4v) is 1.47. The molecule has 0 aromatic rings. The topological polar surface area (TPSA) is 48.1 Å². The van der Waals surface area contributed by atoms with Crippen molar-refractivity contribution in [3.8, 4) is 0 Å². The molecule has 0 fully saturated rings. The zero-order chi connectivity index (χ0) is 16.0. The largest absolute Gasteiger partial charge is 2.00 e. The van der Waals surface area contributed by atoms with Crippen molar-refractivity contribution in [3.05, 3.63) is 0 Å². The molecule has 0 atom stereocenters. The van der Waals surface area contributed by atoms with Gasteiger partial charge in [0.25, 0.3) is 0 Å². The van der Waals surface area contributed by atoms with Gasteiger partial charge in [0.2, 0.25) is 0 Å². The molecule has 0 aliphatic rings. The molecule has 0 spiro atoms. The molecule has 22 heavy (non-hydrogen) atoms. The van der Waals surface area contributed by atoms with Crippen molar-refractivity contribution in [1.29, 1.82) is 0 Å². The van der Waals surface area contributed by atoms with Gasteiger partial charge in [0.1, 0.15) is 0 Å². The predicted octanol–water partition coefficient (Wildman–Crippen LogP) is -0.347. The second-order valence-corrected chi connectivity index (χ2v) is 7.16. The second-order valence-electron chi connectivity index (χ2n) is 2.86. The molecule has 4 nitrogen and oxygen atoms in total. The fourth-order valence-electron chi connectivity index (χ4n) is 0.658. The summed E-state index contributed by atoms with van der Waals surface area (Å²) in [5.74, 6) is 0. The normalized spacial score (nSPS) is 7.64. The summed E-state index contributed by atoms with van der Waals surface area (Å²) in [6.45, 7) is 2.66. The summed E-state index contributed by atoms with van der Waals surface area (Å²) in [5, 5.41) is 11.1. The summed E-state index contributed by atoms with van der Waals surface area (Å²) in [6.07, 6.45) is 0. The van der Waals surface area contributed by atoms with Gasteiger partial charge in [0.15, 0.2) is 0 Å². The molecule has 0 aromatic carbocycles. The molecule has 0 rings (SSSR count). The van der Waals surface area contributed by atoms with Crippen LogP contribution in [0, 0.1) is 0 Å². The Morgan fingerprint density at radius 1 is 0.545 bits per heavy atom. The molecular weight excluding hydrogens is 538 g/mol. The minimum Gasteiger partial charge on any atom is -0.412 e. The van der Waals surface area contributed by atoms with Gasteiger partial charge in [-0.15, -0.1) is 0 Å². The molecule has 0 saturated carbocycles. The fraction of sp³-hybridized carbons (Fsp3) is 0.500. The van der Waals surface area contributed by atoms with Gasteiger partial charge in [-0.3, -0.25) is 0 Å². The van der Waals surface area contributed by atoms with Crippen molar-refractivity contribution < 1.29 is 36.5 Å². The third-order valence-electron chi connectivity index (χ3n) is 1.33. The van der Waals surface area contributed by atoms with Crippen LogP contribution in [0.15, 0.2) is 0 Å². The maximum absolute atomic E-state index is 4.59. The Labute approximate surface area is 198 Å². The van der Waals surface area contributed by atoms with Crippen LogP contribution in [-0.4, -0.2) is 43.5 Å². The first-order chi connectivity index (χ1) is 9.25. The van der Waals surface area contributed by atoms with Gasteiger partial charge in [-0.2, -0.15) is 0 Å². The Morgan fingerprint density at radius 2 is 0.682 bits per heavy atom. The number of nitrogens with one attached hydrogen (secondary N) is 4. The molecule has 125 valence electrons. The van der Waals surface area contributed by atoms with E-state index in [0.717, 1.165) is 0 Å². The molecule has 4 N–H and O–H groups in total. The van der Waals surface area contributed by atoms with Crippen molar-refractivity contribution in [3.63, 3.8) is 0 Å². The van der Waals surface area contributed by atoms with Gasteiger partial charge in [-0.05, 0) is 0 Å². The van der Waals surface area contributed by atoms with E-state index in [-0.39, 0.29) is 36.5 Å². The van der Waals surface area contributed by atoms with Gasteiger partial charge < -0.3 is 121 Å². The quantitative estimate of drug-likeness (QED) is 0.152. The standard InChI is InChI=1S/2C4H8N2S4.Cu.Zn/c2*7-3(8)5-1-2-6-4(9)10;;/h2*1-2H2,(H2,5,7,8)(H2,6,9,10);;/q;;2*+2/p-4. The second kappa shape index (κ2) is 22.6. The molecule has 0 amide bonds. The van der Waals surface area contributed by atoms with Crippen LogP contribution in [0.4, 0.5) is 0 Å². The Balaban J connectivity index is -0.000000135. The Morgan fingerprint density at radius 3 is 0.773 bits per heavy atom. The van der Waals surface area contributed by atoms with Crippen LogP contribution in [0.1, 0.15) is 0 Å². The molecule has 0 aliphatic carbocycles. The van der Waals surface area contributed by atoms with Crippen LogP contribution in [0.2, 0.25) is 0 Å². The van der Waals surface area contributed by atoms with E-state index in [2.05, 4.69) is 121 Å². The maximum Gasteiger partial charge on any atom is 2.00 e. The Bertz CT molecular complexity index is 282.